The second kappa shape index (κ2) is 7.78. The minimum Gasteiger partial charge on any atom is -0.384 e. The fourth-order valence-electron chi connectivity index (χ4n) is 4.92. The number of aromatic nitrogens is 1. The first-order valence-corrected chi connectivity index (χ1v) is 10.3. The summed E-state index contributed by atoms with van der Waals surface area (Å²) < 4.78 is 1.97. The summed E-state index contributed by atoms with van der Waals surface area (Å²) in [5, 5.41) is 0. The van der Waals surface area contributed by atoms with Gasteiger partial charge in [-0.3, -0.25) is 9.59 Å². The molecule has 0 spiro atoms. The number of nitrogens with two attached hydrogens (primary N) is 2. The van der Waals surface area contributed by atoms with E-state index in [9.17, 15) is 9.59 Å². The summed E-state index contributed by atoms with van der Waals surface area (Å²) in [6.07, 6.45) is 7.99. The summed E-state index contributed by atoms with van der Waals surface area (Å²) in [6, 6.07) is 8.50. The van der Waals surface area contributed by atoms with Crippen molar-refractivity contribution in [2.24, 2.45) is 5.73 Å². The van der Waals surface area contributed by atoms with E-state index in [-0.39, 0.29) is 17.9 Å². The number of benzene rings is 1. The number of amides is 2. The third-order valence-corrected chi connectivity index (χ3v) is 6.41. The van der Waals surface area contributed by atoms with Crippen LogP contribution in [0.3, 0.4) is 0 Å². The van der Waals surface area contributed by atoms with E-state index < -0.39 is 5.91 Å². The average Bonchev–Trinajstić information content (AvgIpc) is 3.10. The lowest BCUT2D eigenvalue weighted by Gasteiger charge is -2.33. The van der Waals surface area contributed by atoms with Crippen LogP contribution >= 0.6 is 0 Å². The SMILES string of the molecule is C=CC(=O)N1CCC[C@@H](n2cc([C@H]3CCc4ccccc4C3)c(C(N)=O)c2N)C1. The Hall–Kier alpha value is -3.02. The summed E-state index contributed by atoms with van der Waals surface area (Å²) >= 11 is 0. The van der Waals surface area contributed by atoms with E-state index in [0.29, 0.717) is 17.9 Å². The van der Waals surface area contributed by atoms with Gasteiger partial charge in [0, 0.05) is 19.3 Å². The van der Waals surface area contributed by atoms with Gasteiger partial charge in [0.1, 0.15) is 5.82 Å². The van der Waals surface area contributed by atoms with Gasteiger partial charge < -0.3 is 20.9 Å². The molecule has 1 aromatic heterocycles. The van der Waals surface area contributed by atoms with Crippen LogP contribution in [0.15, 0.2) is 43.1 Å². The molecular weight excluding hydrogens is 364 g/mol. The molecule has 2 atom stereocenters. The third-order valence-electron chi connectivity index (χ3n) is 6.41. The van der Waals surface area contributed by atoms with Crippen LogP contribution in [0.1, 0.15) is 58.3 Å². The van der Waals surface area contributed by atoms with E-state index in [0.717, 1.165) is 44.2 Å². The standard InChI is InChI=1S/C23H28N4O2/c1-2-20(28)26-11-5-8-18(13-26)27-14-19(21(22(27)24)23(25)29)17-10-9-15-6-3-4-7-16(15)12-17/h2-4,6-7,14,17-18H,1,5,8-13,24H2,(H2,25,29)/t17-,18+/m0/s1. The first-order valence-electron chi connectivity index (χ1n) is 10.3. The first kappa shape index (κ1) is 19.3. The number of nitrogen functional groups attached to an aromatic ring is 1. The van der Waals surface area contributed by atoms with Gasteiger partial charge in [-0.2, -0.15) is 0 Å². The smallest absolute Gasteiger partial charge is 0.252 e. The van der Waals surface area contributed by atoms with Gasteiger partial charge in [-0.1, -0.05) is 30.8 Å². The minimum atomic E-state index is -0.482. The molecular formula is C23H28N4O2. The fraction of sp³-hybridized carbons (Fsp3) is 0.391. The Morgan fingerprint density at radius 2 is 1.93 bits per heavy atom. The number of likely N-dealkylation sites (tertiary alicyclic amines) is 1. The Morgan fingerprint density at radius 3 is 2.66 bits per heavy atom. The number of rotatable bonds is 4. The maximum atomic E-state index is 12.3. The molecule has 29 heavy (non-hydrogen) atoms. The van der Waals surface area contributed by atoms with Gasteiger partial charge in [0.25, 0.3) is 5.91 Å². The molecule has 1 fully saturated rings. The van der Waals surface area contributed by atoms with Gasteiger partial charge in [-0.05, 0) is 60.8 Å². The average molecular weight is 393 g/mol. The zero-order chi connectivity index (χ0) is 20.5. The molecule has 0 radical (unpaired) electrons. The van der Waals surface area contributed by atoms with Crippen molar-refractivity contribution in [1.29, 1.82) is 0 Å². The molecule has 1 aliphatic carbocycles. The molecule has 0 saturated carbocycles. The maximum absolute atomic E-state index is 12.3. The minimum absolute atomic E-state index is 0.0374. The number of hydrogen-bond donors (Lipinski definition) is 2. The van der Waals surface area contributed by atoms with Crippen molar-refractivity contribution in [3.63, 3.8) is 0 Å². The van der Waals surface area contributed by atoms with E-state index in [1.807, 2.05) is 10.8 Å². The van der Waals surface area contributed by atoms with Crippen LogP contribution in [0.5, 0.6) is 0 Å². The Morgan fingerprint density at radius 1 is 1.17 bits per heavy atom. The highest BCUT2D eigenvalue weighted by molar-refractivity contribution is 5.99. The number of aryl methyl sites for hydroxylation is 1. The highest BCUT2D eigenvalue weighted by Crippen LogP contribution is 2.38. The van der Waals surface area contributed by atoms with Crippen molar-refractivity contribution < 1.29 is 9.59 Å². The molecule has 2 aromatic rings. The van der Waals surface area contributed by atoms with Gasteiger partial charge in [0.15, 0.2) is 0 Å². The number of anilines is 1. The van der Waals surface area contributed by atoms with Crippen molar-refractivity contribution in [3.05, 3.63) is 65.4 Å². The van der Waals surface area contributed by atoms with E-state index >= 15 is 0 Å². The molecule has 4 rings (SSSR count). The normalized spacial score (nSPS) is 21.4. The van der Waals surface area contributed by atoms with Gasteiger partial charge in [0.2, 0.25) is 5.91 Å². The lowest BCUT2D eigenvalue weighted by molar-refractivity contribution is -0.127. The maximum Gasteiger partial charge on any atom is 0.252 e. The quantitative estimate of drug-likeness (QED) is 0.784. The van der Waals surface area contributed by atoms with E-state index in [2.05, 4.69) is 30.8 Å². The number of nitrogens with zero attached hydrogens (tertiary/aromatic N) is 2. The van der Waals surface area contributed by atoms with Crippen molar-refractivity contribution in [2.75, 3.05) is 18.8 Å². The van der Waals surface area contributed by atoms with Crippen LogP contribution in [0.25, 0.3) is 0 Å². The van der Waals surface area contributed by atoms with Gasteiger partial charge in [0.05, 0.1) is 11.6 Å². The van der Waals surface area contributed by atoms with Crippen molar-refractivity contribution in [3.8, 4) is 0 Å². The Bertz CT molecular complexity index is 962. The summed E-state index contributed by atoms with van der Waals surface area (Å²) in [5.41, 5.74) is 16.3. The molecule has 0 unspecified atom stereocenters. The fourth-order valence-corrected chi connectivity index (χ4v) is 4.92. The lowest BCUT2D eigenvalue weighted by atomic mass is 9.80. The first-order chi connectivity index (χ1) is 14.0. The van der Waals surface area contributed by atoms with Crippen LogP contribution < -0.4 is 11.5 Å². The molecule has 152 valence electrons. The number of fused-ring (bicyclic) bond motifs is 1. The van der Waals surface area contributed by atoms with Crippen LogP contribution in [-0.2, 0) is 17.6 Å². The van der Waals surface area contributed by atoms with Crippen LogP contribution in [0.2, 0.25) is 0 Å². The van der Waals surface area contributed by atoms with E-state index in [1.54, 1.807) is 4.90 Å². The Labute approximate surface area is 171 Å². The molecule has 1 saturated heterocycles. The topological polar surface area (TPSA) is 94.4 Å². The molecule has 2 amide bonds. The molecule has 1 aromatic carbocycles. The van der Waals surface area contributed by atoms with Gasteiger partial charge in [-0.15, -0.1) is 0 Å². The zero-order valence-corrected chi connectivity index (χ0v) is 16.6. The summed E-state index contributed by atoms with van der Waals surface area (Å²) in [5.74, 6) is 0.0827. The molecule has 2 heterocycles. The molecule has 1 aliphatic heterocycles. The zero-order valence-electron chi connectivity index (χ0n) is 16.6. The summed E-state index contributed by atoms with van der Waals surface area (Å²) in [4.78, 5) is 26.2. The predicted molar refractivity (Wildman–Crippen MR) is 114 cm³/mol. The second-order valence-electron chi connectivity index (χ2n) is 8.11. The van der Waals surface area contributed by atoms with Crippen molar-refractivity contribution in [2.45, 2.75) is 44.1 Å². The molecule has 6 heteroatoms. The number of carbonyl (C=O) groups is 2. The lowest BCUT2D eigenvalue weighted by Crippen LogP contribution is -2.40. The predicted octanol–water partition coefficient (Wildman–Crippen LogP) is 2.79. The summed E-state index contributed by atoms with van der Waals surface area (Å²) in [6.45, 7) is 4.87. The highest BCUT2D eigenvalue weighted by Gasteiger charge is 2.31. The Kier molecular flexibility index (Phi) is 5.18. The third kappa shape index (κ3) is 3.55. The number of primary amides is 1. The van der Waals surface area contributed by atoms with Crippen LogP contribution in [0.4, 0.5) is 5.82 Å². The molecule has 6 nitrogen and oxygen atoms in total. The van der Waals surface area contributed by atoms with Crippen molar-refractivity contribution in [1.82, 2.24) is 9.47 Å². The van der Waals surface area contributed by atoms with E-state index in [1.165, 1.54) is 17.2 Å². The van der Waals surface area contributed by atoms with Gasteiger partial charge in [-0.25, -0.2) is 0 Å². The largest absolute Gasteiger partial charge is 0.384 e. The Balaban J connectivity index is 1.67. The van der Waals surface area contributed by atoms with E-state index in [4.69, 9.17) is 11.5 Å². The summed E-state index contributed by atoms with van der Waals surface area (Å²) in [7, 11) is 0. The van der Waals surface area contributed by atoms with Crippen LogP contribution in [-0.4, -0.2) is 34.4 Å². The second-order valence-corrected chi connectivity index (χ2v) is 8.11. The van der Waals surface area contributed by atoms with Gasteiger partial charge >= 0.3 is 0 Å². The number of hydrogen-bond acceptors (Lipinski definition) is 3. The van der Waals surface area contributed by atoms with Crippen molar-refractivity contribution >= 4 is 17.6 Å². The number of carbonyl (C=O) groups excluding carboxylic acids is 2. The monoisotopic (exact) mass is 392 g/mol. The molecule has 0 bridgehead atoms. The molecule has 4 N–H and O–H groups in total. The highest BCUT2D eigenvalue weighted by atomic mass is 16.2. The molecule has 2 aliphatic rings. The van der Waals surface area contributed by atoms with Crippen LogP contribution in [0, 0.1) is 0 Å². The number of piperidine rings is 1.